The lowest BCUT2D eigenvalue weighted by Gasteiger charge is -2.29. The van der Waals surface area contributed by atoms with Crippen LogP contribution >= 0.6 is 0 Å². The van der Waals surface area contributed by atoms with Crippen molar-refractivity contribution in [2.75, 3.05) is 26.0 Å². The molecule has 2 amide bonds. The van der Waals surface area contributed by atoms with Gasteiger partial charge in [0, 0.05) is 19.0 Å². The lowest BCUT2D eigenvalue weighted by molar-refractivity contribution is -0.142. The molecule has 1 unspecified atom stereocenters. The third kappa shape index (κ3) is 9.34. The maximum absolute atomic E-state index is 13.8. The Kier molecular flexibility index (Phi) is 11.8. The normalized spacial score (nSPS) is 15.0. The number of sulfone groups is 1. The quantitative estimate of drug-likeness (QED) is 0.267. The highest BCUT2D eigenvalue weighted by molar-refractivity contribution is 7.91. The Morgan fingerprint density at radius 1 is 1.03 bits per heavy atom. The molecule has 0 aliphatic heterocycles. The van der Waals surface area contributed by atoms with Gasteiger partial charge < -0.3 is 15.0 Å². The fourth-order valence-electron chi connectivity index (χ4n) is 5.17. The lowest BCUT2D eigenvalue weighted by atomic mass is 9.95. The Bertz CT molecular complexity index is 1220. The Hall–Kier alpha value is -2.94. The standard InChI is InChI=1S/C30H42N2O6S/c1-3-4-10-19-32(21-28(33)31-26-13-6-5-7-14-26)30(35)25(16-18-29(34)38-2)22-39(36,37)27-17-15-23-11-8-9-12-24(23)20-27/h8-9,11-12,15,17,20,25-26H,3-7,10,13-14,16,18-19,21-22H2,1-2H3,(H,31,33). The largest absolute Gasteiger partial charge is 0.469 e. The molecule has 0 heterocycles. The van der Waals surface area contributed by atoms with Gasteiger partial charge in [-0.1, -0.05) is 69.4 Å². The number of carbonyl (C=O) groups excluding carboxylic acids is 3. The number of methoxy groups -OCH3 is 1. The second-order valence-corrected chi connectivity index (χ2v) is 12.5. The van der Waals surface area contributed by atoms with Gasteiger partial charge in [0.1, 0.15) is 0 Å². The van der Waals surface area contributed by atoms with Crippen LogP contribution in [0.5, 0.6) is 0 Å². The number of esters is 1. The van der Waals surface area contributed by atoms with Crippen molar-refractivity contribution in [3.63, 3.8) is 0 Å². The lowest BCUT2D eigenvalue weighted by Crippen LogP contribution is -2.47. The van der Waals surface area contributed by atoms with Gasteiger partial charge in [-0.25, -0.2) is 8.42 Å². The second-order valence-electron chi connectivity index (χ2n) is 10.5. The fraction of sp³-hybridized carbons (Fsp3) is 0.567. The summed E-state index contributed by atoms with van der Waals surface area (Å²) < 4.78 is 31.8. The number of hydrogen-bond acceptors (Lipinski definition) is 6. The van der Waals surface area contributed by atoms with E-state index < -0.39 is 33.4 Å². The number of rotatable bonds is 14. The van der Waals surface area contributed by atoms with E-state index in [2.05, 4.69) is 12.2 Å². The summed E-state index contributed by atoms with van der Waals surface area (Å²) in [5.41, 5.74) is 0. The zero-order chi connectivity index (χ0) is 28.3. The van der Waals surface area contributed by atoms with Gasteiger partial charge >= 0.3 is 5.97 Å². The van der Waals surface area contributed by atoms with E-state index >= 15 is 0 Å². The third-order valence-electron chi connectivity index (χ3n) is 7.42. The first-order valence-electron chi connectivity index (χ1n) is 14.1. The van der Waals surface area contributed by atoms with Crippen LogP contribution in [0.4, 0.5) is 0 Å². The predicted molar refractivity (Wildman–Crippen MR) is 152 cm³/mol. The number of carbonyl (C=O) groups is 3. The number of nitrogens with zero attached hydrogens (tertiary/aromatic N) is 1. The first-order valence-corrected chi connectivity index (χ1v) is 15.7. The summed E-state index contributed by atoms with van der Waals surface area (Å²) in [6.45, 7) is 2.29. The average Bonchev–Trinajstić information content (AvgIpc) is 2.94. The Morgan fingerprint density at radius 2 is 1.74 bits per heavy atom. The molecule has 1 N–H and O–H groups in total. The van der Waals surface area contributed by atoms with E-state index in [-0.39, 0.29) is 36.2 Å². The van der Waals surface area contributed by atoms with Crippen molar-refractivity contribution in [2.24, 2.45) is 5.92 Å². The van der Waals surface area contributed by atoms with Gasteiger partial charge in [0.25, 0.3) is 0 Å². The maximum atomic E-state index is 13.8. The van der Waals surface area contributed by atoms with E-state index in [1.807, 2.05) is 24.3 Å². The zero-order valence-electron chi connectivity index (χ0n) is 23.2. The average molecular weight is 559 g/mol. The number of benzene rings is 2. The minimum atomic E-state index is -3.86. The van der Waals surface area contributed by atoms with Crippen LogP contribution in [0.3, 0.4) is 0 Å². The van der Waals surface area contributed by atoms with Gasteiger partial charge in [-0.3, -0.25) is 14.4 Å². The molecule has 9 heteroatoms. The minimum Gasteiger partial charge on any atom is -0.469 e. The van der Waals surface area contributed by atoms with Crippen LogP contribution in [0.2, 0.25) is 0 Å². The smallest absolute Gasteiger partial charge is 0.305 e. The number of ether oxygens (including phenoxy) is 1. The maximum Gasteiger partial charge on any atom is 0.305 e. The molecule has 1 atom stereocenters. The number of nitrogens with one attached hydrogen (secondary N) is 1. The van der Waals surface area contributed by atoms with E-state index in [0.717, 1.165) is 49.3 Å². The summed E-state index contributed by atoms with van der Waals surface area (Å²) in [7, 11) is -2.60. The minimum absolute atomic E-state index is 0.0207. The van der Waals surface area contributed by atoms with E-state index in [0.29, 0.717) is 13.0 Å². The molecule has 8 nitrogen and oxygen atoms in total. The van der Waals surface area contributed by atoms with E-state index in [1.165, 1.54) is 18.4 Å². The van der Waals surface area contributed by atoms with Crippen molar-refractivity contribution in [1.82, 2.24) is 10.2 Å². The van der Waals surface area contributed by atoms with Crippen molar-refractivity contribution >= 4 is 38.4 Å². The molecule has 0 saturated heterocycles. The summed E-state index contributed by atoms with van der Waals surface area (Å²) >= 11 is 0. The van der Waals surface area contributed by atoms with Crippen molar-refractivity contribution in [3.8, 4) is 0 Å². The van der Waals surface area contributed by atoms with Crippen LogP contribution in [-0.4, -0.2) is 63.1 Å². The van der Waals surface area contributed by atoms with E-state index in [4.69, 9.17) is 4.74 Å². The molecule has 1 aliphatic rings. The molecular formula is C30H42N2O6S. The molecule has 0 bridgehead atoms. The zero-order valence-corrected chi connectivity index (χ0v) is 24.0. The molecule has 0 spiro atoms. The summed E-state index contributed by atoms with van der Waals surface area (Å²) in [6, 6.07) is 12.5. The summed E-state index contributed by atoms with van der Waals surface area (Å²) in [4.78, 5) is 40.3. The third-order valence-corrected chi connectivity index (χ3v) is 9.24. The van der Waals surface area contributed by atoms with Crippen LogP contribution in [0, 0.1) is 5.92 Å². The number of amides is 2. The highest BCUT2D eigenvalue weighted by atomic mass is 32.2. The van der Waals surface area contributed by atoms with Gasteiger partial charge in [-0.05, 0) is 48.6 Å². The monoisotopic (exact) mass is 558 g/mol. The SMILES string of the molecule is CCCCCN(CC(=O)NC1CCCCC1)C(=O)C(CCC(=O)OC)CS(=O)(=O)c1ccc2ccccc2c1. The van der Waals surface area contributed by atoms with E-state index in [9.17, 15) is 22.8 Å². The first kappa shape index (κ1) is 30.6. The molecule has 2 aromatic carbocycles. The van der Waals surface area contributed by atoms with Gasteiger partial charge in [0.2, 0.25) is 11.8 Å². The highest BCUT2D eigenvalue weighted by Crippen LogP contribution is 2.24. The molecule has 39 heavy (non-hydrogen) atoms. The number of hydrogen-bond donors (Lipinski definition) is 1. The van der Waals surface area contributed by atoms with Gasteiger partial charge in [-0.2, -0.15) is 0 Å². The molecule has 1 saturated carbocycles. The number of fused-ring (bicyclic) bond motifs is 1. The van der Waals surface area contributed by atoms with Gasteiger partial charge in [0.15, 0.2) is 9.84 Å². The summed E-state index contributed by atoms with van der Waals surface area (Å²) in [5, 5.41) is 4.76. The van der Waals surface area contributed by atoms with Crippen molar-refractivity contribution in [1.29, 1.82) is 0 Å². The van der Waals surface area contributed by atoms with E-state index in [1.54, 1.807) is 18.2 Å². The molecule has 0 radical (unpaired) electrons. The van der Waals surface area contributed by atoms with Crippen molar-refractivity contribution in [3.05, 3.63) is 42.5 Å². The summed E-state index contributed by atoms with van der Waals surface area (Å²) in [5.74, 6) is -2.59. The molecule has 1 fully saturated rings. The molecule has 214 valence electrons. The molecular weight excluding hydrogens is 516 g/mol. The fourth-order valence-corrected chi connectivity index (χ4v) is 6.78. The Morgan fingerprint density at radius 3 is 2.44 bits per heavy atom. The van der Waals surface area contributed by atoms with Gasteiger partial charge in [0.05, 0.1) is 30.2 Å². The van der Waals surface area contributed by atoms with Crippen LogP contribution in [0.25, 0.3) is 10.8 Å². The molecule has 2 aromatic rings. The van der Waals surface area contributed by atoms with Crippen LogP contribution in [0.15, 0.2) is 47.4 Å². The molecule has 3 rings (SSSR count). The van der Waals surface area contributed by atoms with Crippen LogP contribution in [0.1, 0.15) is 71.1 Å². The van der Waals surface area contributed by atoms with Crippen molar-refractivity contribution in [2.45, 2.75) is 82.1 Å². The summed E-state index contributed by atoms with van der Waals surface area (Å²) in [6.07, 6.45) is 7.65. The Balaban J connectivity index is 1.81. The van der Waals surface area contributed by atoms with Crippen LogP contribution < -0.4 is 5.32 Å². The van der Waals surface area contributed by atoms with Crippen LogP contribution in [-0.2, 0) is 29.0 Å². The topological polar surface area (TPSA) is 110 Å². The number of unbranched alkanes of at least 4 members (excludes halogenated alkanes) is 2. The molecule has 0 aromatic heterocycles. The molecule has 1 aliphatic carbocycles. The highest BCUT2D eigenvalue weighted by Gasteiger charge is 2.32. The first-order chi connectivity index (χ1) is 18.7. The Labute approximate surface area is 232 Å². The predicted octanol–water partition coefficient (Wildman–Crippen LogP) is 4.65. The van der Waals surface area contributed by atoms with Gasteiger partial charge in [-0.15, -0.1) is 0 Å². The second kappa shape index (κ2) is 15.0. The van der Waals surface area contributed by atoms with Crippen molar-refractivity contribution < 1.29 is 27.5 Å².